The van der Waals surface area contributed by atoms with Crippen molar-refractivity contribution in [3.63, 3.8) is 0 Å². The molecule has 2 aromatic heterocycles. The van der Waals surface area contributed by atoms with E-state index in [1.165, 1.54) is 24.6 Å². The first-order chi connectivity index (χ1) is 12.5. The van der Waals surface area contributed by atoms with Gasteiger partial charge >= 0.3 is 0 Å². The molecule has 1 saturated heterocycles. The van der Waals surface area contributed by atoms with E-state index < -0.39 is 0 Å². The summed E-state index contributed by atoms with van der Waals surface area (Å²) in [6.07, 6.45) is 4.88. The predicted octanol–water partition coefficient (Wildman–Crippen LogP) is 3.49. The number of aryl methyl sites for hydroxylation is 2. The van der Waals surface area contributed by atoms with E-state index in [2.05, 4.69) is 26.3 Å². The smallest absolute Gasteiger partial charge is 0.191 e. The van der Waals surface area contributed by atoms with Gasteiger partial charge in [0.2, 0.25) is 0 Å². The molecule has 2 aliphatic rings. The summed E-state index contributed by atoms with van der Waals surface area (Å²) in [6.45, 7) is 7.78. The van der Waals surface area contributed by atoms with E-state index in [1.807, 2.05) is 19.9 Å². The molecule has 0 spiro atoms. The number of thioether (sulfide) groups is 1. The van der Waals surface area contributed by atoms with Gasteiger partial charge in [-0.1, -0.05) is 11.8 Å². The van der Waals surface area contributed by atoms with Crippen molar-refractivity contribution in [3.05, 3.63) is 28.8 Å². The third kappa shape index (κ3) is 3.47. The van der Waals surface area contributed by atoms with Crippen LogP contribution in [0, 0.1) is 20.8 Å². The number of ketones is 1. The highest BCUT2D eigenvalue weighted by Gasteiger charge is 2.29. The highest BCUT2D eigenvalue weighted by Crippen LogP contribution is 2.38. The molecule has 26 heavy (non-hydrogen) atoms. The Labute approximate surface area is 158 Å². The maximum atomic E-state index is 12.8. The molecule has 2 aromatic rings. The first-order valence-electron chi connectivity index (χ1n) is 9.40. The zero-order valence-electron chi connectivity index (χ0n) is 15.7. The van der Waals surface area contributed by atoms with Gasteiger partial charge in [-0.15, -0.1) is 10.2 Å². The lowest BCUT2D eigenvalue weighted by atomic mass is 10.2. The van der Waals surface area contributed by atoms with Crippen LogP contribution in [0.3, 0.4) is 0 Å². The molecule has 6 nitrogen and oxygen atoms in total. The van der Waals surface area contributed by atoms with Crippen molar-refractivity contribution in [2.75, 3.05) is 12.4 Å². The van der Waals surface area contributed by atoms with Crippen molar-refractivity contribution < 1.29 is 9.53 Å². The number of hydrogen-bond acceptors (Lipinski definition) is 5. The molecule has 4 rings (SSSR count). The molecule has 1 saturated carbocycles. The summed E-state index contributed by atoms with van der Waals surface area (Å²) in [6, 6.07) is 2.54. The summed E-state index contributed by atoms with van der Waals surface area (Å²) >= 11 is 1.50. The number of ether oxygens (including phenoxy) is 1. The maximum absolute atomic E-state index is 12.8. The summed E-state index contributed by atoms with van der Waals surface area (Å²) in [5.41, 5.74) is 2.99. The lowest BCUT2D eigenvalue weighted by Gasteiger charge is -2.14. The number of rotatable bonds is 7. The van der Waals surface area contributed by atoms with Gasteiger partial charge in [-0.25, -0.2) is 0 Å². The monoisotopic (exact) mass is 374 g/mol. The number of hydrogen-bond donors (Lipinski definition) is 0. The second-order valence-corrected chi connectivity index (χ2v) is 8.32. The zero-order valence-corrected chi connectivity index (χ0v) is 16.5. The molecular formula is C19H26N4O2S. The Morgan fingerprint density at radius 3 is 2.77 bits per heavy atom. The Morgan fingerprint density at radius 2 is 2.08 bits per heavy atom. The molecule has 0 amide bonds. The molecular weight excluding hydrogens is 348 g/mol. The van der Waals surface area contributed by atoms with E-state index in [4.69, 9.17) is 4.74 Å². The quantitative estimate of drug-likeness (QED) is 0.548. The molecule has 140 valence electrons. The highest BCUT2D eigenvalue weighted by molar-refractivity contribution is 7.99. The SMILES string of the molecule is Cc1cc(C(=O)CSc2nnc(C)n2C2CC2)c(C)n1C[C@@H]1CCCO1. The van der Waals surface area contributed by atoms with Crippen molar-refractivity contribution in [2.24, 2.45) is 0 Å². The van der Waals surface area contributed by atoms with Gasteiger partial charge in [-0.2, -0.15) is 0 Å². The van der Waals surface area contributed by atoms with Crippen molar-refractivity contribution in [1.29, 1.82) is 0 Å². The Bertz CT molecular complexity index is 816. The predicted molar refractivity (Wildman–Crippen MR) is 101 cm³/mol. The summed E-state index contributed by atoms with van der Waals surface area (Å²) in [4.78, 5) is 12.8. The van der Waals surface area contributed by atoms with E-state index in [-0.39, 0.29) is 11.9 Å². The van der Waals surface area contributed by atoms with Crippen LogP contribution >= 0.6 is 11.8 Å². The minimum Gasteiger partial charge on any atom is -0.376 e. The molecule has 1 aliphatic heterocycles. The normalized spacial score (nSPS) is 20.0. The average molecular weight is 375 g/mol. The summed E-state index contributed by atoms with van der Waals surface area (Å²) in [5, 5.41) is 9.31. The number of nitrogens with zero attached hydrogens (tertiary/aromatic N) is 4. The number of aromatic nitrogens is 4. The van der Waals surface area contributed by atoms with Gasteiger partial charge in [-0.3, -0.25) is 4.79 Å². The van der Waals surface area contributed by atoms with Crippen LogP contribution in [0.25, 0.3) is 0 Å². The van der Waals surface area contributed by atoms with Gasteiger partial charge in [0, 0.05) is 36.1 Å². The lowest BCUT2D eigenvalue weighted by Crippen LogP contribution is -2.17. The van der Waals surface area contributed by atoms with Gasteiger partial charge in [0.1, 0.15) is 5.82 Å². The van der Waals surface area contributed by atoms with Crippen LogP contribution in [0.2, 0.25) is 0 Å². The lowest BCUT2D eigenvalue weighted by molar-refractivity contribution is 0.0957. The van der Waals surface area contributed by atoms with Crippen LogP contribution < -0.4 is 0 Å². The van der Waals surface area contributed by atoms with Crippen LogP contribution in [0.15, 0.2) is 11.2 Å². The van der Waals surface area contributed by atoms with Gasteiger partial charge in [0.25, 0.3) is 0 Å². The third-order valence-electron chi connectivity index (χ3n) is 5.36. The molecule has 2 fully saturated rings. The summed E-state index contributed by atoms with van der Waals surface area (Å²) < 4.78 is 10.2. The summed E-state index contributed by atoms with van der Waals surface area (Å²) in [5.74, 6) is 1.50. The zero-order chi connectivity index (χ0) is 18.3. The van der Waals surface area contributed by atoms with Gasteiger partial charge in [0.15, 0.2) is 10.9 Å². The largest absolute Gasteiger partial charge is 0.376 e. The number of carbonyl (C=O) groups is 1. The van der Waals surface area contributed by atoms with Crippen molar-refractivity contribution in [1.82, 2.24) is 19.3 Å². The fourth-order valence-electron chi connectivity index (χ4n) is 3.77. The Kier molecular flexibility index (Phi) is 4.92. The van der Waals surface area contributed by atoms with Gasteiger partial charge in [0.05, 0.1) is 11.9 Å². The van der Waals surface area contributed by atoms with E-state index in [1.54, 1.807) is 0 Å². The van der Waals surface area contributed by atoms with Crippen LogP contribution in [0.1, 0.15) is 59.3 Å². The molecule has 0 radical (unpaired) electrons. The number of Topliss-reactive ketones (excluding diaryl/α,β-unsaturated/α-hetero) is 1. The van der Waals surface area contributed by atoms with Crippen molar-refractivity contribution >= 4 is 17.5 Å². The molecule has 3 heterocycles. The Hall–Kier alpha value is -1.60. The molecule has 0 aromatic carbocycles. The van der Waals surface area contributed by atoms with Gasteiger partial charge < -0.3 is 13.9 Å². The Morgan fingerprint density at radius 1 is 1.27 bits per heavy atom. The molecule has 1 atom stereocenters. The van der Waals surface area contributed by atoms with Crippen molar-refractivity contribution in [2.45, 2.75) is 70.3 Å². The number of carbonyl (C=O) groups excluding carboxylic acids is 1. The second-order valence-electron chi connectivity index (χ2n) is 7.37. The molecule has 0 unspecified atom stereocenters. The fraction of sp³-hybridized carbons (Fsp3) is 0.632. The highest BCUT2D eigenvalue weighted by atomic mass is 32.2. The molecule has 1 aliphatic carbocycles. The Balaban J connectivity index is 1.45. The van der Waals surface area contributed by atoms with Gasteiger partial charge in [-0.05, 0) is 52.5 Å². The van der Waals surface area contributed by atoms with Crippen LogP contribution in [0.5, 0.6) is 0 Å². The van der Waals surface area contributed by atoms with Crippen LogP contribution in [0.4, 0.5) is 0 Å². The van der Waals surface area contributed by atoms with E-state index in [9.17, 15) is 4.79 Å². The van der Waals surface area contributed by atoms with Crippen LogP contribution in [-0.4, -0.2) is 43.6 Å². The average Bonchev–Trinajstić information content (AvgIpc) is 3.06. The molecule has 7 heteroatoms. The second kappa shape index (κ2) is 7.19. The minimum absolute atomic E-state index is 0.157. The molecule has 0 bridgehead atoms. The van der Waals surface area contributed by atoms with E-state index in [0.717, 1.165) is 53.9 Å². The first-order valence-corrected chi connectivity index (χ1v) is 10.4. The maximum Gasteiger partial charge on any atom is 0.191 e. The standard InChI is InChI=1S/C19H26N4O2S/c1-12-9-17(13(2)22(12)10-16-5-4-8-25-16)18(24)11-26-19-21-20-14(3)23(19)15-6-7-15/h9,15-16H,4-8,10-11H2,1-3H3/t16-/m0/s1. The van der Waals surface area contributed by atoms with E-state index in [0.29, 0.717) is 11.8 Å². The van der Waals surface area contributed by atoms with Crippen LogP contribution in [-0.2, 0) is 11.3 Å². The fourth-order valence-corrected chi connectivity index (χ4v) is 4.70. The minimum atomic E-state index is 0.157. The van der Waals surface area contributed by atoms with E-state index >= 15 is 0 Å². The third-order valence-corrected chi connectivity index (χ3v) is 6.31. The topological polar surface area (TPSA) is 61.9 Å². The van der Waals surface area contributed by atoms with Crippen molar-refractivity contribution in [3.8, 4) is 0 Å². The summed E-state index contributed by atoms with van der Waals surface area (Å²) in [7, 11) is 0. The molecule has 0 N–H and O–H groups in total. The first kappa shape index (κ1) is 17.8.